The number of benzene rings is 1. The zero-order chi connectivity index (χ0) is 15.9. The van der Waals surface area contributed by atoms with Crippen LogP contribution in [0.25, 0.3) is 0 Å². The number of nitrogens with one attached hydrogen (secondary N) is 1. The van der Waals surface area contributed by atoms with Crippen molar-refractivity contribution in [3.05, 3.63) is 23.8 Å². The Hall–Kier alpha value is -1.75. The van der Waals surface area contributed by atoms with Crippen molar-refractivity contribution in [2.24, 2.45) is 0 Å². The van der Waals surface area contributed by atoms with E-state index in [0.717, 1.165) is 29.9 Å². The van der Waals surface area contributed by atoms with Gasteiger partial charge in [-0.3, -0.25) is 4.79 Å². The van der Waals surface area contributed by atoms with E-state index in [2.05, 4.69) is 5.32 Å². The van der Waals surface area contributed by atoms with Crippen molar-refractivity contribution >= 4 is 5.97 Å². The third kappa shape index (κ3) is 4.93. The molecule has 0 fully saturated rings. The van der Waals surface area contributed by atoms with E-state index in [4.69, 9.17) is 14.6 Å². The number of methoxy groups -OCH3 is 1. The summed E-state index contributed by atoms with van der Waals surface area (Å²) in [6.45, 7) is 4.23. The molecular weight excluding hydrogens is 270 g/mol. The van der Waals surface area contributed by atoms with Crippen LogP contribution in [0.3, 0.4) is 0 Å². The normalized spacial score (nSPS) is 13.5. The molecule has 1 unspecified atom stereocenters. The van der Waals surface area contributed by atoms with Crippen molar-refractivity contribution in [2.75, 3.05) is 20.8 Å². The number of rotatable bonds is 9. The summed E-state index contributed by atoms with van der Waals surface area (Å²) in [5, 5.41) is 12.0. The molecule has 0 bridgehead atoms. The molecule has 0 aliphatic carbocycles. The molecule has 1 rings (SSSR count). The van der Waals surface area contributed by atoms with Gasteiger partial charge in [0.25, 0.3) is 0 Å². The number of hydrogen-bond acceptors (Lipinski definition) is 4. The lowest BCUT2D eigenvalue weighted by Crippen LogP contribution is -2.47. The average Bonchev–Trinajstić information content (AvgIpc) is 2.47. The third-order valence-corrected chi connectivity index (χ3v) is 3.67. The topological polar surface area (TPSA) is 67.8 Å². The van der Waals surface area contributed by atoms with Gasteiger partial charge in [0, 0.05) is 0 Å². The van der Waals surface area contributed by atoms with E-state index in [9.17, 15) is 4.79 Å². The summed E-state index contributed by atoms with van der Waals surface area (Å²) in [7, 11) is 3.29. The Labute approximate surface area is 126 Å². The summed E-state index contributed by atoms with van der Waals surface area (Å²) in [4.78, 5) is 11.1. The zero-order valence-electron chi connectivity index (χ0n) is 13.2. The van der Waals surface area contributed by atoms with Gasteiger partial charge in [-0.1, -0.05) is 6.07 Å². The average molecular weight is 295 g/mol. The Bertz CT molecular complexity index is 475. The lowest BCUT2D eigenvalue weighted by Gasteiger charge is -2.23. The zero-order valence-corrected chi connectivity index (χ0v) is 13.2. The maximum absolute atomic E-state index is 11.1. The van der Waals surface area contributed by atoms with Crippen LogP contribution in [0.15, 0.2) is 18.2 Å². The van der Waals surface area contributed by atoms with Gasteiger partial charge in [0.2, 0.25) is 0 Å². The first-order chi connectivity index (χ1) is 9.92. The number of hydrogen-bond donors (Lipinski definition) is 2. The molecule has 5 nitrogen and oxygen atoms in total. The van der Waals surface area contributed by atoms with Crippen LogP contribution in [0.5, 0.6) is 11.5 Å². The molecule has 0 radical (unpaired) electrons. The molecule has 0 aromatic heterocycles. The Morgan fingerprint density at radius 2 is 2.05 bits per heavy atom. The van der Waals surface area contributed by atoms with Gasteiger partial charge in [-0.2, -0.15) is 0 Å². The first-order valence-electron chi connectivity index (χ1n) is 7.12. The highest BCUT2D eigenvalue weighted by molar-refractivity contribution is 5.78. The van der Waals surface area contributed by atoms with Crippen LogP contribution in [-0.2, 0) is 4.79 Å². The summed E-state index contributed by atoms with van der Waals surface area (Å²) >= 11 is 0. The van der Waals surface area contributed by atoms with Gasteiger partial charge in [0.15, 0.2) is 11.5 Å². The Morgan fingerprint density at radius 1 is 1.33 bits per heavy atom. The molecule has 1 aromatic carbocycles. The fraction of sp³-hybridized carbons (Fsp3) is 0.562. The maximum atomic E-state index is 11.1. The molecule has 1 atom stereocenters. The standard InChI is InChI=1S/C16H25NO4/c1-12-7-8-13(14(11-12)20-4)21-10-6-5-9-16(2,17-3)15(18)19/h7-8,11,17H,5-6,9-10H2,1-4H3,(H,18,19). The van der Waals surface area contributed by atoms with Gasteiger partial charge in [-0.05, 0) is 57.9 Å². The molecule has 0 aliphatic rings. The second-order valence-electron chi connectivity index (χ2n) is 5.35. The van der Waals surface area contributed by atoms with Crippen molar-refractivity contribution in [2.45, 2.75) is 38.6 Å². The number of carbonyl (C=O) groups is 1. The van der Waals surface area contributed by atoms with Crippen molar-refractivity contribution in [3.8, 4) is 11.5 Å². The molecule has 118 valence electrons. The van der Waals surface area contributed by atoms with Crippen LogP contribution in [0.4, 0.5) is 0 Å². The minimum absolute atomic E-state index is 0.541. The van der Waals surface area contributed by atoms with E-state index >= 15 is 0 Å². The monoisotopic (exact) mass is 295 g/mol. The van der Waals surface area contributed by atoms with Crippen LogP contribution in [0.2, 0.25) is 0 Å². The Balaban J connectivity index is 2.40. The van der Waals surface area contributed by atoms with Crippen molar-refractivity contribution in [1.29, 1.82) is 0 Å². The molecular formula is C16H25NO4. The largest absolute Gasteiger partial charge is 0.493 e. The number of carboxylic acid groups (broad SMARTS) is 1. The molecule has 21 heavy (non-hydrogen) atoms. The summed E-state index contributed by atoms with van der Waals surface area (Å²) in [5.74, 6) is 0.615. The van der Waals surface area contributed by atoms with Crippen molar-refractivity contribution in [1.82, 2.24) is 5.32 Å². The quantitative estimate of drug-likeness (QED) is 0.685. The molecule has 1 aromatic rings. The lowest BCUT2D eigenvalue weighted by atomic mass is 9.95. The van der Waals surface area contributed by atoms with Gasteiger partial charge in [-0.25, -0.2) is 0 Å². The van der Waals surface area contributed by atoms with Gasteiger partial charge in [0.1, 0.15) is 5.54 Å². The SMILES string of the molecule is CNC(C)(CCCCOc1ccc(C)cc1OC)C(=O)O. The number of carboxylic acids is 1. The summed E-state index contributed by atoms with van der Waals surface area (Å²) in [6.07, 6.45) is 2.13. The summed E-state index contributed by atoms with van der Waals surface area (Å²) in [6, 6.07) is 5.79. The third-order valence-electron chi connectivity index (χ3n) is 3.67. The van der Waals surface area contributed by atoms with Crippen LogP contribution < -0.4 is 14.8 Å². The van der Waals surface area contributed by atoms with E-state index in [0.29, 0.717) is 13.0 Å². The fourth-order valence-electron chi connectivity index (χ4n) is 2.00. The first kappa shape index (κ1) is 17.3. The van der Waals surface area contributed by atoms with E-state index in [-0.39, 0.29) is 0 Å². The minimum Gasteiger partial charge on any atom is -0.493 e. The van der Waals surface area contributed by atoms with Gasteiger partial charge < -0.3 is 19.9 Å². The number of aryl methyl sites for hydroxylation is 1. The lowest BCUT2D eigenvalue weighted by molar-refractivity contribution is -0.144. The van der Waals surface area contributed by atoms with E-state index in [1.165, 1.54) is 0 Å². The second kappa shape index (κ2) is 7.88. The van der Waals surface area contributed by atoms with Gasteiger partial charge in [0.05, 0.1) is 13.7 Å². The Kier molecular flexibility index (Phi) is 6.49. The van der Waals surface area contributed by atoms with Crippen molar-refractivity contribution < 1.29 is 19.4 Å². The molecule has 0 saturated carbocycles. The molecule has 0 heterocycles. The first-order valence-corrected chi connectivity index (χ1v) is 7.12. The van der Waals surface area contributed by atoms with E-state index in [1.807, 2.05) is 25.1 Å². The molecule has 0 spiro atoms. The predicted octanol–water partition coefficient (Wildman–Crippen LogP) is 2.62. The molecule has 2 N–H and O–H groups in total. The van der Waals surface area contributed by atoms with E-state index in [1.54, 1.807) is 21.1 Å². The number of unbranched alkanes of at least 4 members (excludes halogenated alkanes) is 1. The highest BCUT2D eigenvalue weighted by Gasteiger charge is 2.30. The minimum atomic E-state index is -0.873. The second-order valence-corrected chi connectivity index (χ2v) is 5.35. The molecule has 0 saturated heterocycles. The summed E-state index contributed by atoms with van der Waals surface area (Å²) in [5.41, 5.74) is 0.243. The number of ether oxygens (including phenoxy) is 2. The maximum Gasteiger partial charge on any atom is 0.323 e. The number of aliphatic carboxylic acids is 1. The van der Waals surface area contributed by atoms with Crippen LogP contribution in [-0.4, -0.2) is 37.4 Å². The number of likely N-dealkylation sites (N-methyl/N-ethyl adjacent to an activating group) is 1. The van der Waals surface area contributed by atoms with Crippen LogP contribution in [0.1, 0.15) is 31.7 Å². The Morgan fingerprint density at radius 3 is 2.62 bits per heavy atom. The van der Waals surface area contributed by atoms with E-state index < -0.39 is 11.5 Å². The summed E-state index contributed by atoms with van der Waals surface area (Å²) < 4.78 is 11.0. The molecule has 0 aliphatic heterocycles. The van der Waals surface area contributed by atoms with Gasteiger partial charge in [-0.15, -0.1) is 0 Å². The highest BCUT2D eigenvalue weighted by atomic mass is 16.5. The molecule has 0 amide bonds. The molecule has 5 heteroatoms. The predicted molar refractivity (Wildman–Crippen MR) is 82.2 cm³/mol. The van der Waals surface area contributed by atoms with Crippen molar-refractivity contribution in [3.63, 3.8) is 0 Å². The highest BCUT2D eigenvalue weighted by Crippen LogP contribution is 2.28. The smallest absolute Gasteiger partial charge is 0.323 e. The fourth-order valence-corrected chi connectivity index (χ4v) is 2.00. The van der Waals surface area contributed by atoms with Crippen LogP contribution in [0, 0.1) is 6.92 Å². The van der Waals surface area contributed by atoms with Gasteiger partial charge >= 0.3 is 5.97 Å². The van der Waals surface area contributed by atoms with Crippen LogP contribution >= 0.6 is 0 Å².